The molecule has 1 aromatic carbocycles. The number of piperidine rings is 1. The van der Waals surface area contributed by atoms with Crippen molar-refractivity contribution < 1.29 is 4.79 Å². The highest BCUT2D eigenvalue weighted by Crippen LogP contribution is 2.25. The first kappa shape index (κ1) is 21.0. The van der Waals surface area contributed by atoms with Crippen LogP contribution < -0.4 is 16.6 Å². The van der Waals surface area contributed by atoms with Crippen molar-refractivity contribution in [3.63, 3.8) is 0 Å². The zero-order valence-electron chi connectivity index (χ0n) is 15.1. The maximum Gasteiger partial charge on any atom is 0.262 e. The quantitative estimate of drug-likeness (QED) is 0.659. The molecule has 0 aliphatic carbocycles. The number of nitrogens with one attached hydrogen (secondary N) is 2. The van der Waals surface area contributed by atoms with E-state index in [1.807, 2.05) is 18.2 Å². The second-order valence-corrected chi connectivity index (χ2v) is 8.17. The van der Waals surface area contributed by atoms with Gasteiger partial charge < -0.3 is 16.0 Å². The SMILES string of the molecule is Nc1[nH]c(=O)c(C(=O)NCC2CCN(Cc3ccc(Cl)c(Cl)c3)CC2)cc1Cl. The highest BCUT2D eigenvalue weighted by molar-refractivity contribution is 6.42. The number of nitrogens with two attached hydrogens (primary N) is 1. The molecule has 1 saturated heterocycles. The van der Waals surface area contributed by atoms with Gasteiger partial charge >= 0.3 is 0 Å². The lowest BCUT2D eigenvalue weighted by Gasteiger charge is -2.32. The summed E-state index contributed by atoms with van der Waals surface area (Å²) in [7, 11) is 0. The number of pyridine rings is 1. The number of hydrogen-bond acceptors (Lipinski definition) is 4. The van der Waals surface area contributed by atoms with Crippen LogP contribution in [0.2, 0.25) is 15.1 Å². The van der Waals surface area contributed by atoms with Gasteiger partial charge in [0.05, 0.1) is 15.1 Å². The number of likely N-dealkylation sites (tertiary alicyclic amines) is 1. The second kappa shape index (κ2) is 9.18. The fourth-order valence-corrected chi connectivity index (χ4v) is 3.74. The molecule has 150 valence electrons. The molecular weight excluding hydrogens is 423 g/mol. The maximum absolute atomic E-state index is 12.3. The van der Waals surface area contributed by atoms with Crippen molar-refractivity contribution >= 4 is 46.5 Å². The van der Waals surface area contributed by atoms with Crippen LogP contribution in [-0.4, -0.2) is 35.4 Å². The van der Waals surface area contributed by atoms with E-state index in [9.17, 15) is 9.59 Å². The van der Waals surface area contributed by atoms with E-state index in [1.165, 1.54) is 6.07 Å². The highest BCUT2D eigenvalue weighted by atomic mass is 35.5. The molecule has 1 fully saturated rings. The summed E-state index contributed by atoms with van der Waals surface area (Å²) >= 11 is 17.9. The van der Waals surface area contributed by atoms with Gasteiger partial charge in [0.2, 0.25) is 0 Å². The van der Waals surface area contributed by atoms with Gasteiger partial charge in [-0.15, -0.1) is 0 Å². The number of aromatic amines is 1. The third-order valence-corrected chi connectivity index (χ3v) is 5.97. The van der Waals surface area contributed by atoms with Crippen molar-refractivity contribution in [2.75, 3.05) is 25.4 Å². The number of halogens is 3. The minimum atomic E-state index is -0.546. The predicted molar refractivity (Wildman–Crippen MR) is 113 cm³/mol. The van der Waals surface area contributed by atoms with Crippen molar-refractivity contribution in [1.82, 2.24) is 15.2 Å². The van der Waals surface area contributed by atoms with Crippen LogP contribution in [0, 0.1) is 5.92 Å². The molecule has 0 saturated carbocycles. The van der Waals surface area contributed by atoms with E-state index in [1.54, 1.807) is 0 Å². The van der Waals surface area contributed by atoms with Crippen molar-refractivity contribution in [2.24, 2.45) is 5.92 Å². The summed E-state index contributed by atoms with van der Waals surface area (Å²) in [4.78, 5) is 28.9. The Bertz CT molecular complexity index is 924. The van der Waals surface area contributed by atoms with E-state index < -0.39 is 11.5 Å². The lowest BCUT2D eigenvalue weighted by molar-refractivity contribution is 0.0933. The van der Waals surface area contributed by atoms with E-state index in [-0.39, 0.29) is 16.4 Å². The lowest BCUT2D eigenvalue weighted by Crippen LogP contribution is -2.39. The van der Waals surface area contributed by atoms with E-state index >= 15 is 0 Å². The number of nitrogen functional groups attached to an aromatic ring is 1. The molecule has 1 aliphatic rings. The van der Waals surface area contributed by atoms with Gasteiger partial charge in [-0.2, -0.15) is 0 Å². The van der Waals surface area contributed by atoms with Crippen LogP contribution >= 0.6 is 34.8 Å². The zero-order valence-corrected chi connectivity index (χ0v) is 17.4. The van der Waals surface area contributed by atoms with Gasteiger partial charge in [-0.3, -0.25) is 14.5 Å². The summed E-state index contributed by atoms with van der Waals surface area (Å²) in [5.41, 5.74) is 6.08. The molecule has 1 aliphatic heterocycles. The molecule has 6 nitrogen and oxygen atoms in total. The van der Waals surface area contributed by atoms with Gasteiger partial charge in [-0.1, -0.05) is 40.9 Å². The minimum Gasteiger partial charge on any atom is -0.384 e. The fraction of sp³-hybridized carbons (Fsp3) is 0.368. The third-order valence-electron chi connectivity index (χ3n) is 4.91. The summed E-state index contributed by atoms with van der Waals surface area (Å²) in [5, 5.41) is 4.10. The number of rotatable bonds is 5. The molecule has 0 radical (unpaired) electrons. The molecule has 1 aromatic heterocycles. The standard InChI is InChI=1S/C19H21Cl3N4O2/c20-14-2-1-12(7-15(14)21)10-26-5-3-11(4-6-26)9-24-18(27)13-8-16(22)17(23)25-19(13)28/h1-2,7-8,11H,3-6,9-10H2,(H,24,27)(H3,23,25,28). The van der Waals surface area contributed by atoms with Crippen LogP contribution in [0.25, 0.3) is 0 Å². The van der Waals surface area contributed by atoms with Crippen LogP contribution in [0.5, 0.6) is 0 Å². The number of hydrogen-bond donors (Lipinski definition) is 3. The molecule has 0 atom stereocenters. The largest absolute Gasteiger partial charge is 0.384 e. The normalized spacial score (nSPS) is 15.5. The third kappa shape index (κ3) is 5.20. The van der Waals surface area contributed by atoms with Crippen molar-refractivity contribution in [3.8, 4) is 0 Å². The van der Waals surface area contributed by atoms with Gasteiger partial charge in [0, 0.05) is 13.1 Å². The number of amides is 1. The Morgan fingerprint density at radius 2 is 1.86 bits per heavy atom. The number of benzene rings is 1. The van der Waals surface area contributed by atoms with Crippen LogP contribution in [0.15, 0.2) is 29.1 Å². The second-order valence-electron chi connectivity index (χ2n) is 6.95. The first-order valence-corrected chi connectivity index (χ1v) is 10.1. The van der Waals surface area contributed by atoms with E-state index in [2.05, 4.69) is 15.2 Å². The van der Waals surface area contributed by atoms with Crippen molar-refractivity contribution in [3.05, 3.63) is 60.8 Å². The Morgan fingerprint density at radius 1 is 1.14 bits per heavy atom. The Kier molecular flexibility index (Phi) is 6.88. The summed E-state index contributed by atoms with van der Waals surface area (Å²) in [6.07, 6.45) is 1.92. The molecule has 2 heterocycles. The van der Waals surface area contributed by atoms with Crippen molar-refractivity contribution in [2.45, 2.75) is 19.4 Å². The molecule has 2 aromatic rings. The van der Waals surface area contributed by atoms with Gasteiger partial charge in [-0.25, -0.2) is 0 Å². The first-order chi connectivity index (χ1) is 13.3. The number of nitrogens with zero attached hydrogens (tertiary/aromatic N) is 1. The maximum atomic E-state index is 12.3. The molecule has 0 spiro atoms. The lowest BCUT2D eigenvalue weighted by atomic mass is 9.96. The molecule has 0 bridgehead atoms. The number of anilines is 1. The summed E-state index contributed by atoms with van der Waals surface area (Å²) in [6.45, 7) is 3.18. The van der Waals surface area contributed by atoms with Gasteiger partial charge in [0.15, 0.2) is 0 Å². The predicted octanol–water partition coefficient (Wildman–Crippen LogP) is 3.56. The zero-order chi connectivity index (χ0) is 20.3. The molecule has 3 rings (SSSR count). The van der Waals surface area contributed by atoms with E-state index in [0.717, 1.165) is 38.0 Å². The monoisotopic (exact) mass is 442 g/mol. The average molecular weight is 444 g/mol. The minimum absolute atomic E-state index is 0.0312. The Labute approximate surface area is 178 Å². The van der Waals surface area contributed by atoms with Crippen LogP contribution in [0.1, 0.15) is 28.8 Å². The van der Waals surface area contributed by atoms with E-state index in [4.69, 9.17) is 40.5 Å². The van der Waals surface area contributed by atoms with Crippen LogP contribution in [0.4, 0.5) is 5.82 Å². The van der Waals surface area contributed by atoms with Crippen LogP contribution in [0.3, 0.4) is 0 Å². The Balaban J connectivity index is 1.48. The average Bonchev–Trinajstić information content (AvgIpc) is 2.67. The van der Waals surface area contributed by atoms with Gasteiger partial charge in [0.1, 0.15) is 11.4 Å². The van der Waals surface area contributed by atoms with Crippen LogP contribution in [-0.2, 0) is 6.54 Å². The first-order valence-electron chi connectivity index (χ1n) is 8.96. The van der Waals surface area contributed by atoms with Gasteiger partial charge in [0.25, 0.3) is 11.5 Å². The topological polar surface area (TPSA) is 91.2 Å². The summed E-state index contributed by atoms with van der Waals surface area (Å²) in [5.74, 6) is -0.0312. The van der Waals surface area contributed by atoms with E-state index in [0.29, 0.717) is 22.5 Å². The van der Waals surface area contributed by atoms with Gasteiger partial charge in [-0.05, 0) is 55.6 Å². The number of carbonyl (C=O) groups excluding carboxylic acids is 1. The van der Waals surface area contributed by atoms with Crippen molar-refractivity contribution in [1.29, 1.82) is 0 Å². The Morgan fingerprint density at radius 3 is 2.54 bits per heavy atom. The number of carbonyl (C=O) groups is 1. The molecule has 0 unspecified atom stereocenters. The molecular formula is C19H21Cl3N4O2. The fourth-order valence-electron chi connectivity index (χ4n) is 3.27. The molecule has 28 heavy (non-hydrogen) atoms. The molecule has 4 N–H and O–H groups in total. The molecule has 1 amide bonds. The highest BCUT2D eigenvalue weighted by Gasteiger charge is 2.21. The molecule has 9 heteroatoms. The summed E-state index contributed by atoms with van der Waals surface area (Å²) in [6, 6.07) is 6.98. The number of aromatic nitrogens is 1. The smallest absolute Gasteiger partial charge is 0.262 e. The summed E-state index contributed by atoms with van der Waals surface area (Å²) < 4.78 is 0. The number of H-pyrrole nitrogens is 1. The Hall–Kier alpha value is -1.73.